The molecule has 2 fully saturated rings. The molecule has 2 aliphatic heterocycles. The first kappa shape index (κ1) is 22.5. The topological polar surface area (TPSA) is 63.6 Å². The third-order valence-corrected chi connectivity index (χ3v) is 6.77. The molecule has 0 saturated carbocycles. The summed E-state index contributed by atoms with van der Waals surface area (Å²) >= 11 is 0. The molecule has 160 valence electrons. The van der Waals surface area contributed by atoms with Crippen molar-refractivity contribution >= 4 is 11.8 Å². The highest BCUT2D eigenvalue weighted by Crippen LogP contribution is 2.42. The summed E-state index contributed by atoms with van der Waals surface area (Å²) in [5.74, 6) is -0.419. The zero-order valence-electron chi connectivity index (χ0n) is 17.1. The largest absolute Gasteiger partial charge is 1.00 e. The van der Waals surface area contributed by atoms with Crippen LogP contribution in [0.2, 0.25) is 0 Å². The van der Waals surface area contributed by atoms with Crippen LogP contribution in [0.1, 0.15) is 47.7 Å². The van der Waals surface area contributed by atoms with E-state index in [1.165, 1.54) is 0 Å². The standard InChI is InChI=1S/C24H28NO4.ClH/c1-25(16-22(26)17-8-4-2-5-9-17)19-12-13-20(25)15-21(14-19)29-24(28)23(27)18-10-6-3-7-11-18;/h2-11,19-21,23,27H,12-16H2,1H3;1H/q+1;/p-1. The number of ketones is 1. The molecule has 0 aliphatic carbocycles. The van der Waals surface area contributed by atoms with Crippen LogP contribution in [-0.2, 0) is 9.53 Å². The molecule has 4 rings (SSSR count). The van der Waals surface area contributed by atoms with Crippen molar-refractivity contribution < 1.29 is 36.3 Å². The number of carbonyl (C=O) groups excluding carboxylic acids is 2. The fourth-order valence-electron chi connectivity index (χ4n) is 5.07. The smallest absolute Gasteiger partial charge is 0.339 e. The molecular formula is C24H28ClNO4. The Kier molecular flexibility index (Phi) is 6.96. The molecule has 1 N–H and O–H groups in total. The number of piperidine rings is 1. The van der Waals surface area contributed by atoms with Gasteiger partial charge >= 0.3 is 5.97 Å². The van der Waals surface area contributed by atoms with Crippen molar-refractivity contribution in [2.24, 2.45) is 0 Å². The van der Waals surface area contributed by atoms with Gasteiger partial charge in [0.05, 0.1) is 19.1 Å². The van der Waals surface area contributed by atoms with Gasteiger partial charge in [0.2, 0.25) is 5.78 Å². The molecule has 3 unspecified atom stereocenters. The molecule has 2 saturated heterocycles. The fourth-order valence-corrected chi connectivity index (χ4v) is 5.07. The van der Waals surface area contributed by atoms with Gasteiger partial charge in [-0.1, -0.05) is 60.7 Å². The quantitative estimate of drug-likeness (QED) is 0.407. The summed E-state index contributed by atoms with van der Waals surface area (Å²) < 4.78 is 6.41. The lowest BCUT2D eigenvalue weighted by Crippen LogP contribution is -3.00. The first-order chi connectivity index (χ1) is 14.0. The highest BCUT2D eigenvalue weighted by atomic mass is 35.5. The molecule has 2 heterocycles. The number of hydrogen-bond donors (Lipinski definition) is 1. The number of rotatable bonds is 6. The molecule has 2 aromatic carbocycles. The minimum Gasteiger partial charge on any atom is -1.00 e. The third kappa shape index (κ3) is 4.43. The van der Waals surface area contributed by atoms with Crippen molar-refractivity contribution in [1.29, 1.82) is 0 Å². The summed E-state index contributed by atoms with van der Waals surface area (Å²) in [6.45, 7) is 0.479. The molecular weight excluding hydrogens is 402 g/mol. The number of carbonyl (C=O) groups is 2. The van der Waals surface area contributed by atoms with Gasteiger partial charge in [-0.3, -0.25) is 4.79 Å². The molecule has 6 heteroatoms. The number of aliphatic hydroxyl groups is 1. The second-order valence-electron chi connectivity index (χ2n) is 8.52. The van der Waals surface area contributed by atoms with Gasteiger partial charge in [0.1, 0.15) is 12.6 Å². The van der Waals surface area contributed by atoms with E-state index in [-0.39, 0.29) is 24.3 Å². The maximum absolute atomic E-state index is 12.8. The number of nitrogens with zero attached hydrogens (tertiary/aromatic N) is 1. The summed E-state index contributed by atoms with van der Waals surface area (Å²) in [5, 5.41) is 10.3. The van der Waals surface area contributed by atoms with Crippen molar-refractivity contribution in [2.45, 2.75) is 50.0 Å². The van der Waals surface area contributed by atoms with Crippen LogP contribution in [-0.4, -0.2) is 53.1 Å². The van der Waals surface area contributed by atoms with Gasteiger partial charge in [0.25, 0.3) is 0 Å². The SMILES string of the molecule is C[N+]1(CC(=O)c2ccccc2)C2CCC1CC(OC(=O)C(O)c1ccccc1)C2.[Cl-]. The van der Waals surface area contributed by atoms with Crippen LogP contribution in [0.3, 0.4) is 0 Å². The Morgan fingerprint density at radius 3 is 2.10 bits per heavy atom. The number of hydrogen-bond acceptors (Lipinski definition) is 4. The van der Waals surface area contributed by atoms with E-state index in [4.69, 9.17) is 4.74 Å². The van der Waals surface area contributed by atoms with Crippen molar-refractivity contribution in [1.82, 2.24) is 0 Å². The third-order valence-electron chi connectivity index (χ3n) is 6.77. The van der Waals surface area contributed by atoms with E-state index in [0.717, 1.165) is 35.7 Å². The van der Waals surface area contributed by atoms with Crippen LogP contribution in [0.4, 0.5) is 0 Å². The number of aliphatic hydroxyl groups excluding tert-OH is 1. The van der Waals surface area contributed by atoms with Gasteiger partial charge in [-0.2, -0.15) is 0 Å². The maximum Gasteiger partial charge on any atom is 0.339 e. The van der Waals surface area contributed by atoms with Gasteiger partial charge in [-0.15, -0.1) is 0 Å². The number of likely N-dealkylation sites (N-methyl/N-ethyl adjacent to an activating group) is 1. The molecule has 0 spiro atoms. The summed E-state index contributed by atoms with van der Waals surface area (Å²) in [7, 11) is 2.17. The lowest BCUT2D eigenvalue weighted by molar-refractivity contribution is -0.941. The molecule has 2 bridgehead atoms. The Labute approximate surface area is 183 Å². The molecule has 0 amide bonds. The molecule has 3 atom stereocenters. The Bertz CT molecular complexity index is 859. The number of benzene rings is 2. The van der Waals surface area contributed by atoms with E-state index in [0.29, 0.717) is 24.2 Å². The second kappa shape index (κ2) is 9.29. The normalized spacial score (nSPS) is 28.3. The van der Waals surface area contributed by atoms with E-state index in [1.807, 2.05) is 36.4 Å². The first-order valence-electron chi connectivity index (χ1n) is 10.3. The van der Waals surface area contributed by atoms with E-state index in [2.05, 4.69) is 7.05 Å². The number of halogens is 1. The van der Waals surface area contributed by atoms with Gasteiger partial charge < -0.3 is 26.7 Å². The predicted molar refractivity (Wildman–Crippen MR) is 109 cm³/mol. The number of fused-ring (bicyclic) bond motifs is 2. The van der Waals surface area contributed by atoms with E-state index < -0.39 is 12.1 Å². The summed E-state index contributed by atoms with van der Waals surface area (Å²) in [5.41, 5.74) is 1.30. The molecule has 2 aliphatic rings. The Morgan fingerprint density at radius 2 is 1.53 bits per heavy atom. The van der Waals surface area contributed by atoms with Gasteiger partial charge in [-0.05, 0) is 5.56 Å². The minimum atomic E-state index is -1.25. The van der Waals surface area contributed by atoms with E-state index in [9.17, 15) is 14.7 Å². The highest BCUT2D eigenvalue weighted by molar-refractivity contribution is 5.97. The number of esters is 1. The van der Waals surface area contributed by atoms with Crippen LogP contribution in [0.5, 0.6) is 0 Å². The molecule has 2 aromatic rings. The molecule has 5 nitrogen and oxygen atoms in total. The average molecular weight is 430 g/mol. The highest BCUT2D eigenvalue weighted by Gasteiger charge is 2.53. The average Bonchev–Trinajstić information content (AvgIpc) is 2.91. The molecule has 0 radical (unpaired) electrons. The number of Topliss-reactive ketones (excluding diaryl/α,β-unsaturated/α-hetero) is 1. The Hall–Kier alpha value is -2.21. The van der Waals surface area contributed by atoms with Crippen LogP contribution < -0.4 is 12.4 Å². The number of quaternary nitrogens is 1. The minimum absolute atomic E-state index is 0. The zero-order valence-corrected chi connectivity index (χ0v) is 17.9. The fraction of sp³-hybridized carbons (Fsp3) is 0.417. The van der Waals surface area contributed by atoms with Crippen LogP contribution in [0.15, 0.2) is 60.7 Å². The van der Waals surface area contributed by atoms with Crippen LogP contribution in [0.25, 0.3) is 0 Å². The Morgan fingerprint density at radius 1 is 1.00 bits per heavy atom. The maximum atomic E-state index is 12.8. The lowest BCUT2D eigenvalue weighted by atomic mass is 9.95. The van der Waals surface area contributed by atoms with E-state index >= 15 is 0 Å². The van der Waals surface area contributed by atoms with Crippen molar-refractivity contribution in [3.05, 3.63) is 71.8 Å². The second-order valence-corrected chi connectivity index (χ2v) is 8.52. The number of ether oxygens (including phenoxy) is 1. The molecule has 0 aromatic heterocycles. The predicted octanol–water partition coefficient (Wildman–Crippen LogP) is 0.290. The van der Waals surface area contributed by atoms with Crippen molar-refractivity contribution in [3.8, 4) is 0 Å². The monoisotopic (exact) mass is 429 g/mol. The van der Waals surface area contributed by atoms with E-state index in [1.54, 1.807) is 24.3 Å². The van der Waals surface area contributed by atoms with Gasteiger partial charge in [0.15, 0.2) is 6.10 Å². The summed E-state index contributed by atoms with van der Waals surface area (Å²) in [6, 6.07) is 18.9. The Balaban J connectivity index is 0.00000256. The van der Waals surface area contributed by atoms with Crippen molar-refractivity contribution in [3.63, 3.8) is 0 Å². The van der Waals surface area contributed by atoms with Gasteiger partial charge in [0, 0.05) is 31.2 Å². The first-order valence-corrected chi connectivity index (χ1v) is 10.3. The summed E-state index contributed by atoms with van der Waals surface area (Å²) in [6.07, 6.45) is 2.11. The lowest BCUT2D eigenvalue weighted by Gasteiger charge is -2.46. The summed E-state index contributed by atoms with van der Waals surface area (Å²) in [4.78, 5) is 25.2. The van der Waals surface area contributed by atoms with Crippen LogP contribution >= 0.6 is 0 Å². The van der Waals surface area contributed by atoms with Gasteiger partial charge in [-0.25, -0.2) is 4.79 Å². The van der Waals surface area contributed by atoms with Crippen molar-refractivity contribution in [2.75, 3.05) is 13.6 Å². The van der Waals surface area contributed by atoms with Crippen LogP contribution in [0, 0.1) is 0 Å². The zero-order chi connectivity index (χ0) is 20.4. The molecule has 30 heavy (non-hydrogen) atoms.